The summed E-state index contributed by atoms with van der Waals surface area (Å²) >= 11 is 0. The molecule has 4 rings (SSSR count). The Labute approximate surface area is 204 Å². The van der Waals surface area contributed by atoms with Crippen LogP contribution in [0.15, 0.2) is 71.6 Å². The van der Waals surface area contributed by atoms with Gasteiger partial charge in [0.15, 0.2) is 11.5 Å². The molecule has 1 unspecified atom stereocenters. The molecule has 9 heteroatoms. The normalized spacial score (nSPS) is 13.7. The fourth-order valence-corrected chi connectivity index (χ4v) is 5.26. The van der Waals surface area contributed by atoms with E-state index in [1.165, 1.54) is 30.3 Å². The number of amides is 1. The lowest BCUT2D eigenvalue weighted by atomic mass is 10.0. The first-order valence-electron chi connectivity index (χ1n) is 11.3. The molecule has 1 aliphatic rings. The molecule has 0 saturated heterocycles. The third-order valence-corrected chi connectivity index (χ3v) is 7.50. The highest BCUT2D eigenvalue weighted by atomic mass is 32.2. The van der Waals surface area contributed by atoms with Crippen LogP contribution in [0, 0.1) is 12.7 Å². The summed E-state index contributed by atoms with van der Waals surface area (Å²) in [6, 6.07) is 16.8. The lowest BCUT2D eigenvalue weighted by Gasteiger charge is -2.26. The van der Waals surface area contributed by atoms with Gasteiger partial charge in [-0.3, -0.25) is 9.10 Å². The quantitative estimate of drug-likeness (QED) is 0.499. The third kappa shape index (κ3) is 5.57. The first-order chi connectivity index (χ1) is 16.8. The second-order valence-corrected chi connectivity index (χ2v) is 10.1. The van der Waals surface area contributed by atoms with E-state index in [-0.39, 0.29) is 16.6 Å². The van der Waals surface area contributed by atoms with Crippen molar-refractivity contribution in [1.82, 2.24) is 5.32 Å². The molecule has 3 aromatic rings. The summed E-state index contributed by atoms with van der Waals surface area (Å²) in [7, 11) is -4.19. The Morgan fingerprint density at radius 3 is 2.31 bits per heavy atom. The summed E-state index contributed by atoms with van der Waals surface area (Å²) in [5.74, 6) is -0.237. The molecular formula is C26H27FN2O5S. The summed E-state index contributed by atoms with van der Waals surface area (Å²) in [5.41, 5.74) is 2.19. The molecule has 0 saturated carbocycles. The average molecular weight is 499 g/mol. The van der Waals surface area contributed by atoms with Gasteiger partial charge in [0, 0.05) is 6.07 Å². The molecule has 3 aromatic carbocycles. The van der Waals surface area contributed by atoms with E-state index in [4.69, 9.17) is 9.47 Å². The maximum atomic E-state index is 13.7. The number of hydrogen-bond donors (Lipinski definition) is 1. The monoisotopic (exact) mass is 498 g/mol. The first-order valence-corrected chi connectivity index (χ1v) is 12.8. The van der Waals surface area contributed by atoms with E-state index in [0.717, 1.165) is 27.6 Å². The molecule has 35 heavy (non-hydrogen) atoms. The van der Waals surface area contributed by atoms with Gasteiger partial charge in [0.05, 0.1) is 16.6 Å². The lowest BCUT2D eigenvalue weighted by molar-refractivity contribution is -0.120. The number of nitrogens with one attached hydrogen (secondary N) is 1. The Kier molecular flexibility index (Phi) is 7.25. The molecule has 7 nitrogen and oxygen atoms in total. The van der Waals surface area contributed by atoms with Crippen molar-refractivity contribution in [3.63, 3.8) is 0 Å². The number of carbonyl (C=O) groups is 1. The molecule has 1 heterocycles. The van der Waals surface area contributed by atoms with Crippen molar-refractivity contribution in [3.05, 3.63) is 83.7 Å². The highest BCUT2D eigenvalue weighted by molar-refractivity contribution is 7.92. The van der Waals surface area contributed by atoms with E-state index >= 15 is 0 Å². The summed E-state index contributed by atoms with van der Waals surface area (Å²) < 4.78 is 52.9. The predicted molar refractivity (Wildman–Crippen MR) is 131 cm³/mol. The van der Waals surface area contributed by atoms with Crippen molar-refractivity contribution < 1.29 is 27.1 Å². The Bertz CT molecular complexity index is 1290. The standard InChI is InChI=1S/C26H27FN2O5S/c1-3-23(19-6-4-18(2)5-7-19)28-26(30)17-29(21-10-8-20(27)9-11-21)35(31,32)22-12-13-24-25(16-22)34-15-14-33-24/h4-13,16,23H,3,14-15,17H2,1-2H3,(H,28,30). The average Bonchev–Trinajstić information content (AvgIpc) is 2.86. The van der Waals surface area contributed by atoms with Crippen molar-refractivity contribution in [1.29, 1.82) is 0 Å². The van der Waals surface area contributed by atoms with E-state index < -0.39 is 28.3 Å². The fraction of sp³-hybridized carbons (Fsp3) is 0.269. The summed E-state index contributed by atoms with van der Waals surface area (Å²) in [5, 5.41) is 2.92. The number of fused-ring (bicyclic) bond motifs is 1. The summed E-state index contributed by atoms with van der Waals surface area (Å²) in [4.78, 5) is 13.0. The lowest BCUT2D eigenvalue weighted by Crippen LogP contribution is -2.42. The molecule has 0 aliphatic carbocycles. The van der Waals surface area contributed by atoms with E-state index in [1.807, 2.05) is 38.1 Å². The molecule has 1 atom stereocenters. The number of benzene rings is 3. The van der Waals surface area contributed by atoms with Crippen molar-refractivity contribution in [2.75, 3.05) is 24.1 Å². The molecule has 0 fully saturated rings. The smallest absolute Gasteiger partial charge is 0.264 e. The molecule has 0 aromatic heterocycles. The summed E-state index contributed by atoms with van der Waals surface area (Å²) in [6.45, 7) is 4.12. The van der Waals surface area contributed by atoms with Gasteiger partial charge < -0.3 is 14.8 Å². The highest BCUT2D eigenvalue weighted by Crippen LogP contribution is 2.34. The molecule has 1 amide bonds. The van der Waals surface area contributed by atoms with Gasteiger partial charge in [-0.15, -0.1) is 0 Å². The molecular weight excluding hydrogens is 471 g/mol. The van der Waals surface area contributed by atoms with Gasteiger partial charge in [-0.25, -0.2) is 12.8 Å². The number of ether oxygens (including phenoxy) is 2. The number of sulfonamides is 1. The van der Waals surface area contributed by atoms with Crippen LogP contribution in [0.5, 0.6) is 11.5 Å². The van der Waals surface area contributed by atoms with E-state index in [2.05, 4.69) is 5.32 Å². The second kappa shape index (κ2) is 10.4. The van der Waals surface area contributed by atoms with Gasteiger partial charge in [-0.1, -0.05) is 36.8 Å². The minimum absolute atomic E-state index is 0.0653. The van der Waals surface area contributed by atoms with E-state index in [1.54, 1.807) is 0 Å². The zero-order valence-electron chi connectivity index (χ0n) is 19.5. The Hall–Kier alpha value is -3.59. The number of nitrogens with zero attached hydrogens (tertiary/aromatic N) is 1. The number of hydrogen-bond acceptors (Lipinski definition) is 5. The zero-order chi connectivity index (χ0) is 25.0. The second-order valence-electron chi connectivity index (χ2n) is 8.23. The Balaban J connectivity index is 1.63. The predicted octanol–water partition coefficient (Wildman–Crippen LogP) is 4.37. The van der Waals surface area contributed by atoms with Crippen molar-refractivity contribution in [2.24, 2.45) is 0 Å². The highest BCUT2D eigenvalue weighted by Gasteiger charge is 2.29. The van der Waals surface area contributed by atoms with Gasteiger partial charge in [-0.2, -0.15) is 0 Å². The minimum atomic E-state index is -4.19. The molecule has 0 bridgehead atoms. The SMILES string of the molecule is CCC(NC(=O)CN(c1ccc(F)cc1)S(=O)(=O)c1ccc2c(c1)OCCO2)c1ccc(C)cc1. The summed E-state index contributed by atoms with van der Waals surface area (Å²) in [6.07, 6.45) is 0.625. The topological polar surface area (TPSA) is 84.9 Å². The first kappa shape index (κ1) is 24.5. The van der Waals surface area contributed by atoms with Gasteiger partial charge >= 0.3 is 0 Å². The van der Waals surface area contributed by atoms with Crippen LogP contribution in [-0.2, 0) is 14.8 Å². The largest absolute Gasteiger partial charge is 0.486 e. The third-order valence-electron chi connectivity index (χ3n) is 5.73. The van der Waals surface area contributed by atoms with Crippen LogP contribution < -0.4 is 19.1 Å². The van der Waals surface area contributed by atoms with E-state index in [9.17, 15) is 17.6 Å². The number of rotatable bonds is 8. The van der Waals surface area contributed by atoms with Crippen molar-refractivity contribution >= 4 is 21.6 Å². The molecule has 0 spiro atoms. The fourth-order valence-electron chi connectivity index (χ4n) is 3.82. The molecule has 1 aliphatic heterocycles. The van der Waals surface area contributed by atoms with Crippen LogP contribution in [0.3, 0.4) is 0 Å². The Morgan fingerprint density at radius 2 is 1.66 bits per heavy atom. The molecule has 0 radical (unpaired) electrons. The van der Waals surface area contributed by atoms with Gasteiger partial charge in [0.25, 0.3) is 10.0 Å². The number of halogens is 1. The van der Waals surface area contributed by atoms with Crippen molar-refractivity contribution in [2.45, 2.75) is 31.2 Å². The maximum Gasteiger partial charge on any atom is 0.264 e. The number of aryl methyl sites for hydroxylation is 1. The van der Waals surface area contributed by atoms with Crippen molar-refractivity contribution in [3.8, 4) is 11.5 Å². The van der Waals surface area contributed by atoms with Gasteiger partial charge in [0.2, 0.25) is 5.91 Å². The molecule has 1 N–H and O–H groups in total. The maximum absolute atomic E-state index is 13.7. The van der Waals surface area contributed by atoms with Crippen LogP contribution in [-0.4, -0.2) is 34.1 Å². The minimum Gasteiger partial charge on any atom is -0.486 e. The van der Waals surface area contributed by atoms with Crippen LogP contribution in [0.4, 0.5) is 10.1 Å². The van der Waals surface area contributed by atoms with Gasteiger partial charge in [-0.05, 0) is 55.3 Å². The van der Waals surface area contributed by atoms with Gasteiger partial charge in [0.1, 0.15) is 25.6 Å². The van der Waals surface area contributed by atoms with Crippen LogP contribution in [0.1, 0.15) is 30.5 Å². The van der Waals surface area contributed by atoms with Crippen LogP contribution in [0.2, 0.25) is 0 Å². The Morgan fingerprint density at radius 1 is 1.00 bits per heavy atom. The number of carbonyl (C=O) groups excluding carboxylic acids is 1. The number of anilines is 1. The van der Waals surface area contributed by atoms with Crippen LogP contribution in [0.25, 0.3) is 0 Å². The van der Waals surface area contributed by atoms with E-state index in [0.29, 0.717) is 31.1 Å². The van der Waals surface area contributed by atoms with Crippen LogP contribution >= 0.6 is 0 Å². The zero-order valence-corrected chi connectivity index (χ0v) is 20.3. The molecule has 184 valence electrons.